The van der Waals surface area contributed by atoms with E-state index in [4.69, 9.17) is 5.14 Å². The number of nitrogens with zero attached hydrogens (tertiary/aromatic N) is 1. The number of hydrogen-bond donors (Lipinski definition) is 3. The van der Waals surface area contributed by atoms with Gasteiger partial charge in [-0.2, -0.15) is 0 Å². The number of primary sulfonamides is 1. The van der Waals surface area contributed by atoms with Gasteiger partial charge in [0.05, 0.1) is 0 Å². The predicted molar refractivity (Wildman–Crippen MR) is 102 cm³/mol. The van der Waals surface area contributed by atoms with Crippen LogP contribution >= 0.6 is 0 Å². The molecule has 0 bridgehead atoms. The second kappa shape index (κ2) is 7.13. The fourth-order valence-electron chi connectivity index (χ4n) is 3.49. The van der Waals surface area contributed by atoms with Gasteiger partial charge in [-0.3, -0.25) is 4.79 Å². The van der Waals surface area contributed by atoms with Crippen molar-refractivity contribution in [2.75, 3.05) is 23.3 Å². The summed E-state index contributed by atoms with van der Waals surface area (Å²) < 4.78 is 23.4. The van der Waals surface area contributed by atoms with E-state index in [0.717, 1.165) is 18.8 Å². The van der Waals surface area contributed by atoms with E-state index in [2.05, 4.69) is 15.2 Å². The van der Waals surface area contributed by atoms with E-state index in [-0.39, 0.29) is 10.6 Å². The molecule has 1 aromatic heterocycles. The maximum atomic E-state index is 12.5. The molecule has 1 aliphatic heterocycles. The molecule has 1 aliphatic rings. The Labute approximate surface area is 153 Å². The van der Waals surface area contributed by atoms with Gasteiger partial charge in [0.25, 0.3) is 5.91 Å². The Hall–Kier alpha value is -2.32. The smallest absolute Gasteiger partial charge is 0.272 e. The van der Waals surface area contributed by atoms with Gasteiger partial charge in [-0.1, -0.05) is 0 Å². The Morgan fingerprint density at radius 1 is 1.12 bits per heavy atom. The van der Waals surface area contributed by atoms with Crippen molar-refractivity contribution < 1.29 is 13.2 Å². The number of rotatable bonds is 4. The number of aryl methyl sites for hydroxylation is 1. The van der Waals surface area contributed by atoms with Gasteiger partial charge in [0.2, 0.25) is 10.0 Å². The van der Waals surface area contributed by atoms with Crippen molar-refractivity contribution in [3.05, 3.63) is 41.2 Å². The van der Waals surface area contributed by atoms with Crippen molar-refractivity contribution in [3.63, 3.8) is 0 Å². The minimum absolute atomic E-state index is 0.0249. The van der Waals surface area contributed by atoms with Crippen LogP contribution in [0.3, 0.4) is 0 Å². The van der Waals surface area contributed by atoms with Gasteiger partial charge in [-0.25, -0.2) is 13.6 Å². The molecule has 0 aliphatic carbocycles. The number of H-pyrrole nitrogens is 1. The number of nitrogens with two attached hydrogens (primary N) is 1. The molecule has 0 atom stereocenters. The molecule has 140 valence electrons. The van der Waals surface area contributed by atoms with Crippen LogP contribution in [0.1, 0.15) is 41.0 Å². The lowest BCUT2D eigenvalue weighted by Gasteiger charge is -2.28. The van der Waals surface area contributed by atoms with Crippen molar-refractivity contribution >= 4 is 27.3 Å². The van der Waals surface area contributed by atoms with Crippen LogP contribution in [-0.4, -0.2) is 32.4 Å². The van der Waals surface area contributed by atoms with Crippen LogP contribution < -0.4 is 15.4 Å². The highest BCUT2D eigenvalue weighted by Crippen LogP contribution is 2.24. The lowest BCUT2D eigenvalue weighted by Crippen LogP contribution is -2.29. The maximum absolute atomic E-state index is 12.5. The van der Waals surface area contributed by atoms with Crippen LogP contribution in [0.25, 0.3) is 0 Å². The summed E-state index contributed by atoms with van der Waals surface area (Å²) in [7, 11) is -3.88. The average molecular weight is 376 g/mol. The zero-order chi connectivity index (χ0) is 18.9. The number of anilines is 2. The predicted octanol–water partition coefficient (Wildman–Crippen LogP) is 2.52. The molecule has 7 nitrogen and oxygen atoms in total. The molecule has 0 saturated carbocycles. The summed E-state index contributed by atoms with van der Waals surface area (Å²) in [5, 5.41) is 8.02. The molecule has 1 amide bonds. The Balaban J connectivity index is 1.76. The van der Waals surface area contributed by atoms with Crippen molar-refractivity contribution in [2.45, 2.75) is 38.0 Å². The summed E-state index contributed by atoms with van der Waals surface area (Å²) in [6.45, 7) is 5.26. The number of nitrogens with one attached hydrogen (secondary N) is 2. The third-order valence-electron chi connectivity index (χ3n) is 4.73. The second-order valence-corrected chi connectivity index (χ2v) is 8.17. The third kappa shape index (κ3) is 3.76. The Kier molecular flexibility index (Phi) is 5.06. The lowest BCUT2D eigenvalue weighted by atomic mass is 10.1. The topological polar surface area (TPSA) is 108 Å². The molecule has 1 saturated heterocycles. The first kappa shape index (κ1) is 18.5. The first-order valence-corrected chi connectivity index (χ1v) is 10.2. The number of aromatic amines is 1. The van der Waals surface area contributed by atoms with Gasteiger partial charge in [0, 0.05) is 30.2 Å². The molecule has 1 fully saturated rings. The molecular weight excluding hydrogens is 352 g/mol. The first-order valence-electron chi connectivity index (χ1n) is 8.65. The zero-order valence-electron chi connectivity index (χ0n) is 15.0. The normalized spacial score (nSPS) is 15.1. The Morgan fingerprint density at radius 3 is 2.27 bits per heavy atom. The number of aromatic nitrogens is 1. The van der Waals surface area contributed by atoms with Crippen molar-refractivity contribution in [1.82, 2.24) is 4.98 Å². The van der Waals surface area contributed by atoms with Crippen molar-refractivity contribution in [3.8, 4) is 0 Å². The molecule has 2 heterocycles. The van der Waals surface area contributed by atoms with Crippen LogP contribution in [0.2, 0.25) is 0 Å². The van der Waals surface area contributed by atoms with E-state index in [0.29, 0.717) is 16.9 Å². The monoisotopic (exact) mass is 376 g/mol. The molecule has 3 rings (SSSR count). The van der Waals surface area contributed by atoms with Gasteiger partial charge >= 0.3 is 0 Å². The van der Waals surface area contributed by atoms with E-state index in [9.17, 15) is 13.2 Å². The number of amides is 1. The Morgan fingerprint density at radius 2 is 1.73 bits per heavy atom. The summed E-state index contributed by atoms with van der Waals surface area (Å²) in [6.07, 6.45) is 3.69. The number of carbonyl (C=O) groups is 1. The van der Waals surface area contributed by atoms with E-state index in [1.807, 2.05) is 24.3 Å². The average Bonchev–Trinajstić information content (AvgIpc) is 2.91. The van der Waals surface area contributed by atoms with Gasteiger partial charge in [-0.05, 0) is 62.9 Å². The third-order valence-corrected chi connectivity index (χ3v) is 5.91. The standard InChI is InChI=1S/C18H24N4O3S/c1-12-16(20-13(2)17(12)26(19,24)25)18(23)21-14-6-8-15(9-7-14)22-10-4-3-5-11-22/h6-9,20H,3-5,10-11H2,1-2H3,(H,21,23)(H2,19,24,25). The summed E-state index contributed by atoms with van der Waals surface area (Å²) in [6, 6.07) is 7.69. The summed E-state index contributed by atoms with van der Waals surface area (Å²) in [4.78, 5) is 17.7. The maximum Gasteiger partial charge on any atom is 0.272 e. The fourth-order valence-corrected chi connectivity index (χ4v) is 4.49. The highest BCUT2D eigenvalue weighted by molar-refractivity contribution is 7.89. The number of hydrogen-bond acceptors (Lipinski definition) is 4. The number of benzene rings is 1. The van der Waals surface area contributed by atoms with Gasteiger partial charge < -0.3 is 15.2 Å². The summed E-state index contributed by atoms with van der Waals surface area (Å²) in [5.74, 6) is -0.397. The minimum atomic E-state index is -3.88. The van der Waals surface area contributed by atoms with Gasteiger partial charge in [0.1, 0.15) is 10.6 Å². The van der Waals surface area contributed by atoms with Crippen LogP contribution in [-0.2, 0) is 10.0 Å². The highest BCUT2D eigenvalue weighted by atomic mass is 32.2. The van der Waals surface area contributed by atoms with E-state index < -0.39 is 15.9 Å². The second-order valence-electron chi connectivity index (χ2n) is 6.67. The van der Waals surface area contributed by atoms with E-state index in [1.165, 1.54) is 19.3 Å². The molecule has 0 spiro atoms. The number of piperidine rings is 1. The number of carbonyl (C=O) groups excluding carboxylic acids is 1. The van der Waals surface area contributed by atoms with Crippen LogP contribution in [0.5, 0.6) is 0 Å². The van der Waals surface area contributed by atoms with Gasteiger partial charge in [0.15, 0.2) is 0 Å². The van der Waals surface area contributed by atoms with E-state index in [1.54, 1.807) is 13.8 Å². The number of sulfonamides is 1. The SMILES string of the molecule is Cc1[nH]c(C(=O)Nc2ccc(N3CCCCC3)cc2)c(C)c1S(N)(=O)=O. The van der Waals surface area contributed by atoms with Crippen LogP contribution in [0.4, 0.5) is 11.4 Å². The summed E-state index contributed by atoms with van der Waals surface area (Å²) in [5.41, 5.74) is 2.68. The van der Waals surface area contributed by atoms with Crippen LogP contribution in [0, 0.1) is 13.8 Å². The van der Waals surface area contributed by atoms with Crippen molar-refractivity contribution in [2.24, 2.45) is 5.14 Å². The first-order chi connectivity index (χ1) is 12.3. The molecule has 26 heavy (non-hydrogen) atoms. The molecule has 2 aromatic rings. The van der Waals surface area contributed by atoms with Crippen LogP contribution in [0.15, 0.2) is 29.2 Å². The highest BCUT2D eigenvalue weighted by Gasteiger charge is 2.24. The molecule has 4 N–H and O–H groups in total. The van der Waals surface area contributed by atoms with Crippen molar-refractivity contribution in [1.29, 1.82) is 0 Å². The molecule has 0 radical (unpaired) electrons. The zero-order valence-corrected chi connectivity index (χ0v) is 15.8. The van der Waals surface area contributed by atoms with E-state index >= 15 is 0 Å². The Bertz CT molecular complexity index is 911. The largest absolute Gasteiger partial charge is 0.372 e. The fraction of sp³-hybridized carbons (Fsp3) is 0.389. The lowest BCUT2D eigenvalue weighted by molar-refractivity contribution is 0.102. The quantitative estimate of drug-likeness (QED) is 0.762. The van der Waals surface area contributed by atoms with Gasteiger partial charge in [-0.15, -0.1) is 0 Å². The molecule has 8 heteroatoms. The molecule has 1 aromatic carbocycles. The summed E-state index contributed by atoms with van der Waals surface area (Å²) >= 11 is 0. The molecular formula is C18H24N4O3S. The molecule has 0 unspecified atom stereocenters. The minimum Gasteiger partial charge on any atom is -0.372 e.